The fourth-order valence-corrected chi connectivity index (χ4v) is 0.751. The van der Waals surface area contributed by atoms with Crippen LogP contribution in [-0.4, -0.2) is 0 Å². The first-order valence-corrected chi connectivity index (χ1v) is 2.89. The molecule has 0 amide bonds. The van der Waals surface area contributed by atoms with Crippen molar-refractivity contribution in [1.82, 2.24) is 0 Å². The van der Waals surface area contributed by atoms with Gasteiger partial charge in [0.1, 0.15) is 6.07 Å². The van der Waals surface area contributed by atoms with Crippen LogP contribution in [0.1, 0.15) is 5.56 Å². The van der Waals surface area contributed by atoms with Gasteiger partial charge in [-0.15, -0.1) is 0 Å². The molecule has 1 aromatic rings. The van der Waals surface area contributed by atoms with E-state index in [4.69, 9.17) is 16.7 Å². The average Bonchev–Trinajstić information content (AvgIpc) is 1.96. The summed E-state index contributed by atoms with van der Waals surface area (Å²) in [5.41, 5.74) is 10.6. The lowest BCUT2D eigenvalue weighted by atomic mass is 10.2. The van der Waals surface area contributed by atoms with Crippen LogP contribution in [0.3, 0.4) is 0 Å². The molecule has 0 radical (unpaired) electrons. The fourth-order valence-electron chi connectivity index (χ4n) is 0.751. The Kier molecular flexibility index (Phi) is 1.65. The van der Waals surface area contributed by atoms with E-state index in [1.54, 1.807) is 6.07 Å². The number of hydrogen-bond acceptors (Lipinski definition) is 3. The van der Waals surface area contributed by atoms with Gasteiger partial charge in [0.05, 0.1) is 11.3 Å². The highest BCUT2D eigenvalue weighted by atomic mass is 19.1. The van der Waals surface area contributed by atoms with Gasteiger partial charge in [0.15, 0.2) is 5.82 Å². The maximum absolute atomic E-state index is 12.8. The Morgan fingerprint density at radius 2 is 2.00 bits per heavy atom. The molecule has 0 bridgehead atoms. The predicted molar refractivity (Wildman–Crippen MR) is 39.9 cm³/mol. The molecule has 3 nitrogen and oxygen atoms in total. The van der Waals surface area contributed by atoms with Crippen LogP contribution in [0.5, 0.6) is 0 Å². The molecule has 0 aliphatic heterocycles. The van der Waals surface area contributed by atoms with E-state index < -0.39 is 5.82 Å². The number of benzene rings is 1. The Bertz CT molecular complexity index is 327. The summed E-state index contributed by atoms with van der Waals surface area (Å²) in [7, 11) is 0. The quantitative estimate of drug-likeness (QED) is 0.540. The van der Waals surface area contributed by atoms with E-state index in [0.29, 0.717) is 5.69 Å². The molecule has 56 valence electrons. The van der Waals surface area contributed by atoms with Gasteiger partial charge in [-0.3, -0.25) is 0 Å². The van der Waals surface area contributed by atoms with Crippen molar-refractivity contribution in [3.05, 3.63) is 23.5 Å². The van der Waals surface area contributed by atoms with Gasteiger partial charge in [0, 0.05) is 5.69 Å². The number of nitrogens with two attached hydrogens (primary N) is 2. The van der Waals surface area contributed by atoms with Crippen LogP contribution in [0.2, 0.25) is 0 Å². The lowest BCUT2D eigenvalue weighted by Gasteiger charge is -1.99. The SMILES string of the molecule is N#Cc1cc(N)cc(N)c1F. The van der Waals surface area contributed by atoms with Crippen molar-refractivity contribution in [2.75, 3.05) is 11.5 Å². The Labute approximate surface area is 63.0 Å². The second-order valence-corrected chi connectivity index (χ2v) is 2.08. The van der Waals surface area contributed by atoms with E-state index in [1.807, 2.05) is 0 Å². The molecule has 4 heteroatoms. The molecule has 11 heavy (non-hydrogen) atoms. The monoisotopic (exact) mass is 151 g/mol. The van der Waals surface area contributed by atoms with Gasteiger partial charge in [0.25, 0.3) is 0 Å². The van der Waals surface area contributed by atoms with Gasteiger partial charge in [-0.25, -0.2) is 4.39 Å². The van der Waals surface area contributed by atoms with Crippen molar-refractivity contribution in [3.63, 3.8) is 0 Å². The summed E-state index contributed by atoms with van der Waals surface area (Å²) in [6, 6.07) is 4.16. The molecule has 0 atom stereocenters. The standard InChI is InChI=1S/C7H6FN3/c8-7-4(3-9)1-5(10)2-6(7)11/h1-2H,10-11H2. The minimum absolute atomic E-state index is 0.0958. The third-order valence-electron chi connectivity index (χ3n) is 1.24. The minimum atomic E-state index is -0.707. The molecule has 0 aliphatic carbocycles. The van der Waals surface area contributed by atoms with Gasteiger partial charge < -0.3 is 11.5 Å². The normalized spacial score (nSPS) is 9.09. The summed E-state index contributed by atoms with van der Waals surface area (Å²) in [6.07, 6.45) is 0. The van der Waals surface area contributed by atoms with Crippen molar-refractivity contribution in [1.29, 1.82) is 5.26 Å². The highest BCUT2D eigenvalue weighted by Gasteiger charge is 2.05. The number of anilines is 2. The predicted octanol–water partition coefficient (Wildman–Crippen LogP) is 0.862. The van der Waals surface area contributed by atoms with Crippen LogP contribution in [-0.2, 0) is 0 Å². The number of nitrogens with zero attached hydrogens (tertiary/aromatic N) is 1. The summed E-state index contributed by atoms with van der Waals surface area (Å²) in [5.74, 6) is -0.707. The van der Waals surface area contributed by atoms with E-state index in [0.717, 1.165) is 0 Å². The van der Waals surface area contributed by atoms with E-state index >= 15 is 0 Å². The first-order chi connectivity index (χ1) is 5.15. The molecule has 0 saturated carbocycles. The third kappa shape index (κ3) is 1.22. The maximum Gasteiger partial charge on any atom is 0.163 e. The Balaban J connectivity index is 3.39. The van der Waals surface area contributed by atoms with Crippen molar-refractivity contribution in [3.8, 4) is 6.07 Å². The first-order valence-electron chi connectivity index (χ1n) is 2.89. The van der Waals surface area contributed by atoms with Gasteiger partial charge in [-0.2, -0.15) is 5.26 Å². The van der Waals surface area contributed by atoms with Gasteiger partial charge in [-0.1, -0.05) is 0 Å². The zero-order valence-corrected chi connectivity index (χ0v) is 5.63. The van der Waals surface area contributed by atoms with E-state index in [2.05, 4.69) is 0 Å². The second-order valence-electron chi connectivity index (χ2n) is 2.08. The zero-order valence-electron chi connectivity index (χ0n) is 5.63. The highest BCUT2D eigenvalue weighted by Crippen LogP contribution is 2.18. The van der Waals surface area contributed by atoms with Crippen molar-refractivity contribution < 1.29 is 4.39 Å². The molecule has 4 N–H and O–H groups in total. The molecule has 0 fully saturated rings. The van der Waals surface area contributed by atoms with E-state index in [9.17, 15) is 4.39 Å². The molecule has 1 aromatic carbocycles. The molecule has 1 rings (SSSR count). The number of hydrogen-bond donors (Lipinski definition) is 2. The van der Waals surface area contributed by atoms with E-state index in [1.165, 1.54) is 12.1 Å². The lowest BCUT2D eigenvalue weighted by molar-refractivity contribution is 0.629. The molecule has 0 aliphatic rings. The van der Waals surface area contributed by atoms with Crippen LogP contribution < -0.4 is 11.5 Å². The number of rotatable bonds is 0. The summed E-state index contributed by atoms with van der Waals surface area (Å²) < 4.78 is 12.8. The summed E-state index contributed by atoms with van der Waals surface area (Å²) in [4.78, 5) is 0. The summed E-state index contributed by atoms with van der Waals surface area (Å²) in [5, 5.41) is 8.37. The highest BCUT2D eigenvalue weighted by molar-refractivity contribution is 5.58. The summed E-state index contributed by atoms with van der Waals surface area (Å²) in [6.45, 7) is 0. The first kappa shape index (κ1) is 7.35. The van der Waals surface area contributed by atoms with Crippen molar-refractivity contribution >= 4 is 11.4 Å². The Hall–Kier alpha value is -1.76. The number of nitrogen functional groups attached to an aromatic ring is 2. The molecular weight excluding hydrogens is 145 g/mol. The van der Waals surface area contributed by atoms with Gasteiger partial charge in [0.2, 0.25) is 0 Å². The van der Waals surface area contributed by atoms with Crippen LogP contribution in [0, 0.1) is 17.1 Å². The molecule has 0 saturated heterocycles. The smallest absolute Gasteiger partial charge is 0.163 e. The van der Waals surface area contributed by atoms with Crippen LogP contribution >= 0.6 is 0 Å². The topological polar surface area (TPSA) is 75.8 Å². The van der Waals surface area contributed by atoms with Crippen LogP contribution in [0.4, 0.5) is 15.8 Å². The molecule has 0 heterocycles. The Morgan fingerprint density at radius 1 is 1.36 bits per heavy atom. The average molecular weight is 151 g/mol. The number of halogens is 1. The minimum Gasteiger partial charge on any atom is -0.399 e. The van der Waals surface area contributed by atoms with Gasteiger partial charge >= 0.3 is 0 Å². The van der Waals surface area contributed by atoms with E-state index in [-0.39, 0.29) is 11.3 Å². The summed E-state index contributed by atoms with van der Waals surface area (Å²) >= 11 is 0. The van der Waals surface area contributed by atoms with Crippen molar-refractivity contribution in [2.45, 2.75) is 0 Å². The van der Waals surface area contributed by atoms with Crippen molar-refractivity contribution in [2.24, 2.45) is 0 Å². The van der Waals surface area contributed by atoms with Gasteiger partial charge in [-0.05, 0) is 12.1 Å². The Morgan fingerprint density at radius 3 is 2.55 bits per heavy atom. The molecular formula is C7H6FN3. The largest absolute Gasteiger partial charge is 0.399 e. The molecule has 0 unspecified atom stereocenters. The van der Waals surface area contributed by atoms with Crippen LogP contribution in [0.25, 0.3) is 0 Å². The fraction of sp³-hybridized carbons (Fsp3) is 0. The third-order valence-corrected chi connectivity index (χ3v) is 1.24. The zero-order chi connectivity index (χ0) is 8.43. The lowest BCUT2D eigenvalue weighted by Crippen LogP contribution is -1.96. The number of nitriles is 1. The maximum atomic E-state index is 12.8. The second kappa shape index (κ2) is 2.46. The molecule has 0 spiro atoms. The molecule has 0 aromatic heterocycles. The van der Waals surface area contributed by atoms with Crippen LogP contribution in [0.15, 0.2) is 12.1 Å².